The van der Waals surface area contributed by atoms with Crippen molar-refractivity contribution in [1.29, 1.82) is 0 Å². The predicted molar refractivity (Wildman–Crippen MR) is 105 cm³/mol. The van der Waals surface area contributed by atoms with Gasteiger partial charge >= 0.3 is 0 Å². The zero-order valence-electron chi connectivity index (χ0n) is 15.5. The number of rotatable bonds is 5. The van der Waals surface area contributed by atoms with E-state index in [9.17, 15) is 4.79 Å². The molecule has 8 heteroatoms. The Kier molecular flexibility index (Phi) is 5.20. The van der Waals surface area contributed by atoms with Gasteiger partial charge in [-0.1, -0.05) is 22.6 Å². The molecular formula is C19H22N4O3S. The topological polar surface area (TPSA) is 71.7 Å². The molecule has 0 unspecified atom stereocenters. The minimum absolute atomic E-state index is 0.209. The number of benzene rings is 1. The molecular weight excluding hydrogens is 364 g/mol. The van der Waals surface area contributed by atoms with Gasteiger partial charge < -0.3 is 9.26 Å². The van der Waals surface area contributed by atoms with E-state index in [4.69, 9.17) is 9.26 Å². The van der Waals surface area contributed by atoms with Crippen LogP contribution in [0.2, 0.25) is 0 Å². The first kappa shape index (κ1) is 18.1. The number of carbonyl (C=O) groups excluding carboxylic acids is 1. The molecule has 1 saturated heterocycles. The lowest BCUT2D eigenvalue weighted by Crippen LogP contribution is -2.43. The van der Waals surface area contributed by atoms with Crippen molar-refractivity contribution in [3.05, 3.63) is 41.3 Å². The Morgan fingerprint density at radius 3 is 2.81 bits per heavy atom. The minimum atomic E-state index is -0.209. The number of carbonyl (C=O) groups is 1. The summed E-state index contributed by atoms with van der Waals surface area (Å²) in [6.07, 6.45) is 0. The van der Waals surface area contributed by atoms with Gasteiger partial charge in [0, 0.05) is 32.2 Å². The smallest absolute Gasteiger partial charge is 0.298 e. The van der Waals surface area contributed by atoms with Crippen molar-refractivity contribution >= 4 is 32.6 Å². The fourth-order valence-electron chi connectivity index (χ4n) is 3.08. The van der Waals surface area contributed by atoms with Gasteiger partial charge in [-0.25, -0.2) is 4.98 Å². The molecule has 1 aromatic carbocycles. The molecule has 1 aliphatic rings. The molecule has 0 saturated carbocycles. The van der Waals surface area contributed by atoms with Gasteiger partial charge in [-0.3, -0.25) is 14.6 Å². The average Bonchev–Trinajstić information content (AvgIpc) is 3.28. The quantitative estimate of drug-likeness (QED) is 0.671. The van der Waals surface area contributed by atoms with E-state index < -0.39 is 0 Å². The first-order chi connectivity index (χ1) is 13.1. The Morgan fingerprint density at radius 2 is 2.07 bits per heavy atom. The third-order valence-corrected chi connectivity index (χ3v) is 5.63. The molecule has 142 valence electrons. The van der Waals surface area contributed by atoms with Crippen molar-refractivity contribution in [2.45, 2.75) is 13.8 Å². The van der Waals surface area contributed by atoms with Crippen molar-refractivity contribution in [1.82, 2.24) is 15.0 Å². The summed E-state index contributed by atoms with van der Waals surface area (Å²) >= 11 is 1.52. The van der Waals surface area contributed by atoms with Crippen molar-refractivity contribution in [2.24, 2.45) is 0 Å². The van der Waals surface area contributed by atoms with Gasteiger partial charge in [0.1, 0.15) is 0 Å². The number of aromatic nitrogens is 2. The molecule has 2 aromatic heterocycles. The van der Waals surface area contributed by atoms with Crippen molar-refractivity contribution in [3.63, 3.8) is 0 Å². The molecule has 0 atom stereocenters. The number of ether oxygens (including phenoxy) is 1. The van der Waals surface area contributed by atoms with Gasteiger partial charge in [0.05, 0.1) is 29.1 Å². The number of hydrogen-bond donors (Lipinski definition) is 0. The van der Waals surface area contributed by atoms with Gasteiger partial charge in [0.15, 0.2) is 5.13 Å². The predicted octanol–water partition coefficient (Wildman–Crippen LogP) is 2.88. The second-order valence-electron chi connectivity index (χ2n) is 6.71. The summed E-state index contributed by atoms with van der Waals surface area (Å²) in [7, 11) is 0. The van der Waals surface area contributed by atoms with Crippen LogP contribution in [0.3, 0.4) is 0 Å². The summed E-state index contributed by atoms with van der Waals surface area (Å²) in [6, 6.07) is 7.79. The first-order valence-corrected chi connectivity index (χ1v) is 9.84. The van der Waals surface area contributed by atoms with E-state index in [2.05, 4.69) is 28.0 Å². The number of thiazole rings is 1. The Balaban J connectivity index is 1.62. The van der Waals surface area contributed by atoms with Crippen LogP contribution < -0.4 is 4.90 Å². The summed E-state index contributed by atoms with van der Waals surface area (Å²) in [5.74, 6) is 0.0320. The van der Waals surface area contributed by atoms with E-state index >= 15 is 0 Å². The maximum Gasteiger partial charge on any atom is 0.298 e. The van der Waals surface area contributed by atoms with E-state index in [1.807, 2.05) is 12.1 Å². The fourth-order valence-corrected chi connectivity index (χ4v) is 4.17. The highest BCUT2D eigenvalue weighted by Gasteiger charge is 2.25. The van der Waals surface area contributed by atoms with Gasteiger partial charge in [0.2, 0.25) is 5.76 Å². The largest absolute Gasteiger partial charge is 0.379 e. The highest BCUT2D eigenvalue weighted by molar-refractivity contribution is 7.22. The highest BCUT2D eigenvalue weighted by atomic mass is 32.1. The number of hydrogen-bond acceptors (Lipinski definition) is 7. The molecule has 0 bridgehead atoms. The second-order valence-corrected chi connectivity index (χ2v) is 7.72. The Hall–Kier alpha value is -2.29. The van der Waals surface area contributed by atoms with Crippen LogP contribution in [0.4, 0.5) is 5.13 Å². The molecule has 1 aliphatic heterocycles. The van der Waals surface area contributed by atoms with Crippen LogP contribution in [-0.4, -0.2) is 60.3 Å². The molecule has 0 radical (unpaired) electrons. The molecule has 3 heterocycles. The third-order valence-electron chi connectivity index (χ3n) is 4.59. The van der Waals surface area contributed by atoms with Crippen LogP contribution in [-0.2, 0) is 4.74 Å². The van der Waals surface area contributed by atoms with Crippen LogP contribution in [0.15, 0.2) is 28.8 Å². The number of morpholine rings is 1. The molecule has 27 heavy (non-hydrogen) atoms. The number of nitrogens with zero attached hydrogens (tertiary/aromatic N) is 4. The summed E-state index contributed by atoms with van der Waals surface area (Å²) in [5.41, 5.74) is 2.76. The first-order valence-electron chi connectivity index (χ1n) is 9.02. The van der Waals surface area contributed by atoms with Gasteiger partial charge in [-0.05, 0) is 31.5 Å². The molecule has 4 rings (SSSR count). The van der Waals surface area contributed by atoms with Crippen LogP contribution in [0.5, 0.6) is 0 Å². The van der Waals surface area contributed by atoms with Crippen molar-refractivity contribution in [2.75, 3.05) is 44.3 Å². The van der Waals surface area contributed by atoms with E-state index in [1.54, 1.807) is 17.9 Å². The van der Waals surface area contributed by atoms with Gasteiger partial charge in [0.25, 0.3) is 5.91 Å². The minimum Gasteiger partial charge on any atom is -0.379 e. The molecule has 0 aliphatic carbocycles. The maximum atomic E-state index is 13.1. The maximum absolute atomic E-state index is 13.1. The number of anilines is 1. The Morgan fingerprint density at radius 1 is 1.26 bits per heavy atom. The monoisotopic (exact) mass is 386 g/mol. The summed E-state index contributed by atoms with van der Waals surface area (Å²) in [4.78, 5) is 21.8. The van der Waals surface area contributed by atoms with Gasteiger partial charge in [-0.15, -0.1) is 0 Å². The lowest BCUT2D eigenvalue weighted by molar-refractivity contribution is 0.0390. The number of amides is 1. The molecule has 0 N–H and O–H groups in total. The van der Waals surface area contributed by atoms with E-state index in [1.165, 1.54) is 16.9 Å². The van der Waals surface area contributed by atoms with E-state index in [-0.39, 0.29) is 11.7 Å². The lowest BCUT2D eigenvalue weighted by atomic mass is 10.2. The standard InChI is InChI=1S/C19H22N4O3S/c1-13-3-4-15-17(11-13)27-19(20-15)23(6-5-22-7-9-25-10-8-22)18(24)16-12-14(2)21-26-16/h3-4,11-12H,5-10H2,1-2H3. The van der Waals surface area contributed by atoms with Crippen LogP contribution in [0.25, 0.3) is 10.2 Å². The Bertz CT molecular complexity index is 945. The molecule has 7 nitrogen and oxygen atoms in total. The molecule has 1 amide bonds. The SMILES string of the molecule is Cc1ccc2nc(N(CCN3CCOCC3)C(=O)c3cc(C)no3)sc2c1. The van der Waals surface area contributed by atoms with Crippen LogP contribution >= 0.6 is 11.3 Å². The number of fused-ring (bicyclic) bond motifs is 1. The zero-order valence-corrected chi connectivity index (χ0v) is 16.3. The average molecular weight is 386 g/mol. The lowest BCUT2D eigenvalue weighted by Gasteiger charge is -2.28. The van der Waals surface area contributed by atoms with E-state index in [0.29, 0.717) is 17.4 Å². The van der Waals surface area contributed by atoms with Gasteiger partial charge in [-0.2, -0.15) is 0 Å². The summed E-state index contributed by atoms with van der Waals surface area (Å²) in [5, 5.41) is 4.53. The second kappa shape index (κ2) is 7.75. The molecule has 1 fully saturated rings. The zero-order chi connectivity index (χ0) is 18.8. The van der Waals surface area contributed by atoms with Crippen LogP contribution in [0.1, 0.15) is 21.8 Å². The highest BCUT2D eigenvalue weighted by Crippen LogP contribution is 2.30. The third kappa shape index (κ3) is 4.02. The fraction of sp³-hybridized carbons (Fsp3) is 0.421. The van der Waals surface area contributed by atoms with Crippen molar-refractivity contribution < 1.29 is 14.1 Å². The van der Waals surface area contributed by atoms with E-state index in [0.717, 1.165) is 43.1 Å². The molecule has 0 spiro atoms. The summed E-state index contributed by atoms with van der Waals surface area (Å²) in [6.45, 7) is 8.38. The number of aryl methyl sites for hydroxylation is 2. The summed E-state index contributed by atoms with van der Waals surface area (Å²) < 4.78 is 11.7. The van der Waals surface area contributed by atoms with Crippen LogP contribution in [0, 0.1) is 13.8 Å². The normalized spacial score (nSPS) is 15.3. The van der Waals surface area contributed by atoms with Crippen molar-refractivity contribution in [3.8, 4) is 0 Å². The molecule has 3 aromatic rings. The Labute approximate surface area is 161 Å².